The maximum absolute atomic E-state index is 13.0. The lowest BCUT2D eigenvalue weighted by Gasteiger charge is -2.11. The minimum Gasteiger partial charge on any atom is -0.480 e. The van der Waals surface area contributed by atoms with Crippen LogP contribution in [0.25, 0.3) is 0 Å². The minimum atomic E-state index is -1.40. The van der Waals surface area contributed by atoms with Gasteiger partial charge < -0.3 is 15.5 Å². The first-order valence-electron chi connectivity index (χ1n) is 4.85. The number of carbonyl (C=O) groups is 2. The van der Waals surface area contributed by atoms with Gasteiger partial charge in [-0.15, -0.1) is 0 Å². The third-order valence-corrected chi connectivity index (χ3v) is 2.09. The number of rotatable bonds is 4. The van der Waals surface area contributed by atoms with Crippen LogP contribution in [0.5, 0.6) is 0 Å². The summed E-state index contributed by atoms with van der Waals surface area (Å²) in [5, 5.41) is 19.4. The second kappa shape index (κ2) is 5.40. The van der Waals surface area contributed by atoms with Gasteiger partial charge in [-0.1, -0.05) is 0 Å². The molecule has 5 nitrogen and oxygen atoms in total. The van der Waals surface area contributed by atoms with Crippen LogP contribution < -0.4 is 5.32 Å². The lowest BCUT2D eigenvalue weighted by molar-refractivity contribution is -0.140. The number of hydrogen-bond acceptors (Lipinski definition) is 3. The molecule has 17 heavy (non-hydrogen) atoms. The Labute approximate surface area is 96.9 Å². The normalized spacial score (nSPS) is 11.9. The number of carboxylic acids is 1. The minimum absolute atomic E-state index is 0.0159. The molecule has 0 heterocycles. The summed E-state index contributed by atoms with van der Waals surface area (Å²) in [5.41, 5.74) is 0.563. The molecular formula is C11H12FNO4. The number of aliphatic hydroxyl groups excluding tert-OH is 1. The fourth-order valence-electron chi connectivity index (χ4n) is 1.29. The summed E-state index contributed by atoms with van der Waals surface area (Å²) in [7, 11) is 0. The van der Waals surface area contributed by atoms with Gasteiger partial charge in [-0.25, -0.2) is 9.18 Å². The van der Waals surface area contributed by atoms with Crippen LogP contribution in [-0.4, -0.2) is 34.7 Å². The van der Waals surface area contributed by atoms with Crippen molar-refractivity contribution in [1.29, 1.82) is 0 Å². The van der Waals surface area contributed by atoms with Crippen molar-refractivity contribution in [3.63, 3.8) is 0 Å². The van der Waals surface area contributed by atoms with E-state index in [1.165, 1.54) is 12.1 Å². The number of hydrogen-bond donors (Lipinski definition) is 3. The summed E-state index contributed by atoms with van der Waals surface area (Å²) in [6.45, 7) is 0.885. The van der Waals surface area contributed by atoms with Gasteiger partial charge in [0.1, 0.15) is 5.82 Å². The first-order valence-corrected chi connectivity index (χ1v) is 4.85. The number of carbonyl (C=O) groups excluding carboxylic acids is 1. The number of amides is 1. The molecule has 0 saturated carbocycles. The first-order chi connectivity index (χ1) is 7.93. The molecule has 1 rings (SSSR count). The van der Waals surface area contributed by atoms with E-state index in [1.54, 1.807) is 6.92 Å². The quantitative estimate of drug-likeness (QED) is 0.708. The SMILES string of the molecule is Cc1cc(F)cc(C(=O)N[C@H](CO)C(=O)O)c1. The predicted molar refractivity (Wildman–Crippen MR) is 57.1 cm³/mol. The Morgan fingerprint density at radius 1 is 1.41 bits per heavy atom. The molecule has 1 atom stereocenters. The summed E-state index contributed by atoms with van der Waals surface area (Å²) in [4.78, 5) is 22.2. The molecule has 6 heteroatoms. The van der Waals surface area contributed by atoms with Crippen molar-refractivity contribution in [1.82, 2.24) is 5.32 Å². The number of aryl methyl sites for hydroxylation is 1. The lowest BCUT2D eigenvalue weighted by Crippen LogP contribution is -2.43. The second-order valence-electron chi connectivity index (χ2n) is 3.56. The molecule has 3 N–H and O–H groups in total. The summed E-state index contributed by atoms with van der Waals surface area (Å²) < 4.78 is 13.0. The fourth-order valence-corrected chi connectivity index (χ4v) is 1.29. The van der Waals surface area contributed by atoms with Crippen LogP contribution in [-0.2, 0) is 4.79 Å². The van der Waals surface area contributed by atoms with Gasteiger partial charge in [-0.3, -0.25) is 4.79 Å². The summed E-state index contributed by atoms with van der Waals surface area (Å²) in [5.74, 6) is -2.67. The van der Waals surface area contributed by atoms with E-state index in [4.69, 9.17) is 10.2 Å². The predicted octanol–water partition coefficient (Wildman–Crippen LogP) is 0.309. The molecule has 0 aliphatic rings. The van der Waals surface area contributed by atoms with Gasteiger partial charge >= 0.3 is 5.97 Å². The fraction of sp³-hybridized carbons (Fsp3) is 0.273. The Bertz CT molecular complexity index is 427. The van der Waals surface area contributed by atoms with Gasteiger partial charge in [0.25, 0.3) is 5.91 Å². The Morgan fingerprint density at radius 3 is 2.53 bits per heavy atom. The third kappa shape index (κ3) is 3.53. The monoisotopic (exact) mass is 241 g/mol. The van der Waals surface area contributed by atoms with Gasteiger partial charge in [0.2, 0.25) is 0 Å². The highest BCUT2D eigenvalue weighted by molar-refractivity contribution is 5.96. The molecule has 0 aromatic heterocycles. The highest BCUT2D eigenvalue weighted by Crippen LogP contribution is 2.08. The maximum Gasteiger partial charge on any atom is 0.328 e. The van der Waals surface area contributed by atoms with E-state index in [0.717, 1.165) is 6.07 Å². The number of aliphatic hydroxyl groups is 1. The van der Waals surface area contributed by atoms with Crippen LogP contribution in [0.3, 0.4) is 0 Å². The third-order valence-electron chi connectivity index (χ3n) is 2.09. The van der Waals surface area contributed by atoms with E-state index in [2.05, 4.69) is 5.32 Å². The molecule has 0 spiro atoms. The van der Waals surface area contributed by atoms with E-state index >= 15 is 0 Å². The molecule has 1 aromatic carbocycles. The summed E-state index contributed by atoms with van der Waals surface area (Å²) >= 11 is 0. The van der Waals surface area contributed by atoms with Crippen LogP contribution in [0.1, 0.15) is 15.9 Å². The molecule has 92 valence electrons. The second-order valence-corrected chi connectivity index (χ2v) is 3.56. The Kier molecular flexibility index (Phi) is 4.17. The Hall–Kier alpha value is -1.95. The van der Waals surface area contributed by atoms with Crippen LogP contribution in [0.4, 0.5) is 4.39 Å². The topological polar surface area (TPSA) is 86.6 Å². The van der Waals surface area contributed by atoms with E-state index in [0.29, 0.717) is 5.56 Å². The molecule has 1 amide bonds. The van der Waals surface area contributed by atoms with Crippen molar-refractivity contribution >= 4 is 11.9 Å². The number of aliphatic carboxylic acids is 1. The average Bonchev–Trinajstić information content (AvgIpc) is 2.23. The molecule has 0 fully saturated rings. The Balaban J connectivity index is 2.86. The van der Waals surface area contributed by atoms with Gasteiger partial charge in [0.05, 0.1) is 6.61 Å². The van der Waals surface area contributed by atoms with Crippen molar-refractivity contribution in [2.45, 2.75) is 13.0 Å². The molecule has 0 radical (unpaired) electrons. The lowest BCUT2D eigenvalue weighted by atomic mass is 10.1. The number of carboxylic acid groups (broad SMARTS) is 1. The zero-order valence-electron chi connectivity index (χ0n) is 9.11. The first kappa shape index (κ1) is 13.1. The van der Waals surface area contributed by atoms with E-state index in [1.807, 2.05) is 0 Å². The zero-order chi connectivity index (χ0) is 13.0. The van der Waals surface area contributed by atoms with Gasteiger partial charge in [-0.2, -0.15) is 0 Å². The summed E-state index contributed by atoms with van der Waals surface area (Å²) in [6, 6.07) is 2.27. The van der Waals surface area contributed by atoms with Crippen LogP contribution in [0.2, 0.25) is 0 Å². The van der Waals surface area contributed by atoms with E-state index < -0.39 is 30.3 Å². The largest absolute Gasteiger partial charge is 0.480 e. The highest BCUT2D eigenvalue weighted by atomic mass is 19.1. The highest BCUT2D eigenvalue weighted by Gasteiger charge is 2.19. The molecule has 0 aliphatic heterocycles. The van der Waals surface area contributed by atoms with Crippen LogP contribution in [0.15, 0.2) is 18.2 Å². The van der Waals surface area contributed by atoms with Gasteiger partial charge in [0, 0.05) is 5.56 Å². The number of nitrogens with one attached hydrogen (secondary N) is 1. The molecular weight excluding hydrogens is 229 g/mol. The summed E-state index contributed by atoms with van der Waals surface area (Å²) in [6.07, 6.45) is 0. The molecule has 0 aliphatic carbocycles. The smallest absolute Gasteiger partial charge is 0.328 e. The van der Waals surface area contributed by atoms with Crippen molar-refractivity contribution in [3.8, 4) is 0 Å². The van der Waals surface area contributed by atoms with Crippen molar-refractivity contribution in [2.75, 3.05) is 6.61 Å². The van der Waals surface area contributed by atoms with Crippen molar-refractivity contribution in [3.05, 3.63) is 35.1 Å². The van der Waals surface area contributed by atoms with Crippen molar-refractivity contribution in [2.24, 2.45) is 0 Å². The molecule has 0 saturated heterocycles. The van der Waals surface area contributed by atoms with Crippen LogP contribution >= 0.6 is 0 Å². The molecule has 0 unspecified atom stereocenters. The van der Waals surface area contributed by atoms with Crippen molar-refractivity contribution < 1.29 is 24.2 Å². The molecule has 0 bridgehead atoms. The van der Waals surface area contributed by atoms with Crippen LogP contribution in [0, 0.1) is 12.7 Å². The van der Waals surface area contributed by atoms with Gasteiger partial charge in [-0.05, 0) is 30.7 Å². The average molecular weight is 241 g/mol. The maximum atomic E-state index is 13.0. The standard InChI is InChI=1S/C11H12FNO4/c1-6-2-7(4-8(12)3-6)10(15)13-9(5-14)11(16)17/h2-4,9,14H,5H2,1H3,(H,13,15)(H,16,17)/t9-/m1/s1. The zero-order valence-corrected chi connectivity index (χ0v) is 9.11. The Morgan fingerprint density at radius 2 is 2.06 bits per heavy atom. The van der Waals surface area contributed by atoms with E-state index in [-0.39, 0.29) is 5.56 Å². The molecule has 1 aromatic rings. The number of benzene rings is 1. The van der Waals surface area contributed by atoms with E-state index in [9.17, 15) is 14.0 Å². The van der Waals surface area contributed by atoms with Gasteiger partial charge in [0.15, 0.2) is 6.04 Å². The number of halogens is 1.